The van der Waals surface area contributed by atoms with E-state index < -0.39 is 30.4 Å². The number of hydrogen-bond donors (Lipinski definition) is 3. The quantitative estimate of drug-likeness (QED) is 0.612. The molecule has 2 aromatic heterocycles. The van der Waals surface area contributed by atoms with Gasteiger partial charge >= 0.3 is 12.1 Å². The lowest BCUT2D eigenvalue weighted by molar-refractivity contribution is -0.137. The van der Waals surface area contributed by atoms with Crippen molar-refractivity contribution in [2.45, 2.75) is 59.0 Å². The molecule has 164 valence electrons. The number of amides is 1. The highest BCUT2D eigenvalue weighted by Crippen LogP contribution is 2.30. The molecule has 30 heavy (non-hydrogen) atoms. The second kappa shape index (κ2) is 8.07. The first-order chi connectivity index (χ1) is 14.0. The van der Waals surface area contributed by atoms with Crippen LogP contribution >= 0.6 is 0 Å². The molecule has 11 nitrogen and oxygen atoms in total. The molecule has 2 aromatic rings. The second-order valence-corrected chi connectivity index (χ2v) is 8.18. The van der Waals surface area contributed by atoms with Crippen LogP contribution in [0.3, 0.4) is 0 Å². The minimum atomic E-state index is -1.18. The predicted molar refractivity (Wildman–Crippen MR) is 106 cm³/mol. The summed E-state index contributed by atoms with van der Waals surface area (Å²) in [6.45, 7) is 7.27. The number of carboxylic acid groups (broad SMARTS) is 1. The Balaban J connectivity index is 1.86. The van der Waals surface area contributed by atoms with Crippen LogP contribution in [0, 0.1) is 0 Å². The molecular formula is C19H27N5O6. The Bertz CT molecular complexity index is 1030. The summed E-state index contributed by atoms with van der Waals surface area (Å²) >= 11 is 0. The van der Waals surface area contributed by atoms with Crippen molar-refractivity contribution in [3.63, 3.8) is 0 Å². The van der Waals surface area contributed by atoms with E-state index in [-0.39, 0.29) is 30.9 Å². The molecule has 0 saturated heterocycles. The van der Waals surface area contributed by atoms with Crippen LogP contribution in [0.15, 0.2) is 10.9 Å². The van der Waals surface area contributed by atoms with Crippen LogP contribution in [0.4, 0.5) is 4.79 Å². The monoisotopic (exact) mass is 421 g/mol. The van der Waals surface area contributed by atoms with Crippen LogP contribution in [0.1, 0.15) is 50.9 Å². The molecule has 1 unspecified atom stereocenters. The summed E-state index contributed by atoms with van der Waals surface area (Å²) in [6.07, 6.45) is -1.17. The SMILES string of the molecule is CCc1cc2n(CC(=O)O)c3c(c(=O)n2n1)CN(CCNC(=O)OC(C)(C)C)C3O. The molecule has 0 bridgehead atoms. The third kappa shape index (κ3) is 4.31. The largest absolute Gasteiger partial charge is 0.480 e. The zero-order valence-electron chi connectivity index (χ0n) is 17.5. The van der Waals surface area contributed by atoms with Crippen LogP contribution in [-0.4, -0.2) is 60.0 Å². The molecule has 3 heterocycles. The minimum Gasteiger partial charge on any atom is -0.480 e. The zero-order valence-corrected chi connectivity index (χ0v) is 17.5. The van der Waals surface area contributed by atoms with Gasteiger partial charge in [0.25, 0.3) is 5.56 Å². The van der Waals surface area contributed by atoms with Crippen molar-refractivity contribution in [1.82, 2.24) is 24.4 Å². The lowest BCUT2D eigenvalue weighted by atomic mass is 10.2. The first-order valence-electron chi connectivity index (χ1n) is 9.76. The maximum Gasteiger partial charge on any atom is 0.407 e. The van der Waals surface area contributed by atoms with E-state index in [2.05, 4.69) is 10.4 Å². The van der Waals surface area contributed by atoms with Crippen molar-refractivity contribution >= 4 is 17.7 Å². The van der Waals surface area contributed by atoms with Gasteiger partial charge in [-0.2, -0.15) is 9.61 Å². The number of aromatic nitrogens is 3. The van der Waals surface area contributed by atoms with Gasteiger partial charge in [-0.15, -0.1) is 0 Å². The number of nitrogens with one attached hydrogen (secondary N) is 1. The molecule has 3 N–H and O–H groups in total. The van der Waals surface area contributed by atoms with Crippen LogP contribution in [-0.2, 0) is 29.0 Å². The van der Waals surface area contributed by atoms with Crippen LogP contribution in [0.2, 0.25) is 0 Å². The maximum absolute atomic E-state index is 12.9. The number of aryl methyl sites for hydroxylation is 1. The summed E-state index contributed by atoms with van der Waals surface area (Å²) in [7, 11) is 0. The molecule has 0 aromatic carbocycles. The van der Waals surface area contributed by atoms with Gasteiger partial charge in [-0.05, 0) is 27.2 Å². The highest BCUT2D eigenvalue weighted by molar-refractivity contribution is 5.68. The van der Waals surface area contributed by atoms with Gasteiger partial charge in [-0.1, -0.05) is 6.92 Å². The number of fused-ring (bicyclic) bond motifs is 2. The van der Waals surface area contributed by atoms with E-state index >= 15 is 0 Å². The number of carbonyl (C=O) groups is 2. The fourth-order valence-corrected chi connectivity index (χ4v) is 3.48. The van der Waals surface area contributed by atoms with Crippen molar-refractivity contribution in [3.05, 3.63) is 33.4 Å². The Labute approximate surface area is 172 Å². The molecule has 0 saturated carbocycles. The fraction of sp³-hybridized carbons (Fsp3) is 0.579. The number of aliphatic carboxylic acids is 1. The van der Waals surface area contributed by atoms with Crippen LogP contribution in [0.25, 0.3) is 5.65 Å². The summed E-state index contributed by atoms with van der Waals surface area (Å²) < 4.78 is 7.78. The Morgan fingerprint density at radius 2 is 2.07 bits per heavy atom. The van der Waals surface area contributed by atoms with Crippen molar-refractivity contribution in [2.75, 3.05) is 13.1 Å². The fourth-order valence-electron chi connectivity index (χ4n) is 3.48. The number of alkyl carbamates (subject to hydrolysis) is 1. The number of nitrogens with zero attached hydrogens (tertiary/aromatic N) is 4. The number of carbonyl (C=O) groups excluding carboxylic acids is 1. The van der Waals surface area contributed by atoms with E-state index in [1.807, 2.05) is 6.92 Å². The van der Waals surface area contributed by atoms with Gasteiger partial charge in [-0.3, -0.25) is 14.5 Å². The molecular weight excluding hydrogens is 394 g/mol. The van der Waals surface area contributed by atoms with Crippen molar-refractivity contribution in [2.24, 2.45) is 0 Å². The van der Waals surface area contributed by atoms with E-state index in [4.69, 9.17) is 4.74 Å². The number of aliphatic hydroxyl groups excluding tert-OH is 1. The molecule has 0 aliphatic carbocycles. The molecule has 1 aliphatic heterocycles. The number of rotatable bonds is 6. The van der Waals surface area contributed by atoms with E-state index in [0.717, 1.165) is 0 Å². The third-order valence-electron chi connectivity index (χ3n) is 4.74. The average molecular weight is 421 g/mol. The first kappa shape index (κ1) is 21.8. The van der Waals surface area contributed by atoms with Gasteiger partial charge in [0.05, 0.1) is 17.0 Å². The second-order valence-electron chi connectivity index (χ2n) is 8.18. The normalized spacial score (nSPS) is 16.6. The molecule has 0 fully saturated rings. The van der Waals surface area contributed by atoms with Gasteiger partial charge in [0, 0.05) is 25.7 Å². The van der Waals surface area contributed by atoms with Crippen LogP contribution in [0.5, 0.6) is 0 Å². The Morgan fingerprint density at radius 1 is 1.37 bits per heavy atom. The van der Waals surface area contributed by atoms with Gasteiger partial charge in [0.2, 0.25) is 0 Å². The minimum absolute atomic E-state index is 0.113. The highest BCUT2D eigenvalue weighted by Gasteiger charge is 2.35. The zero-order chi connectivity index (χ0) is 22.2. The summed E-state index contributed by atoms with van der Waals surface area (Å²) in [6, 6.07) is 1.66. The maximum atomic E-state index is 12.9. The molecule has 1 atom stereocenters. The Hall–Kier alpha value is -2.92. The van der Waals surface area contributed by atoms with Crippen molar-refractivity contribution < 1.29 is 24.5 Å². The standard InChI is InChI=1S/C19H27N5O6/c1-5-11-8-13-23(10-14(25)26)15-12(16(27)24(13)21-11)9-22(17(15)28)7-6-20-18(29)30-19(2,3)4/h8,17,28H,5-7,9-10H2,1-4H3,(H,20,29)(H,25,26). The Kier molecular flexibility index (Phi) is 5.86. The topological polar surface area (TPSA) is 138 Å². The lowest BCUT2D eigenvalue weighted by Gasteiger charge is -2.23. The summed E-state index contributed by atoms with van der Waals surface area (Å²) in [5, 5.41) is 27.1. The lowest BCUT2D eigenvalue weighted by Crippen LogP contribution is -2.37. The molecule has 1 amide bonds. The molecule has 1 aliphatic rings. The number of carboxylic acids is 1. The summed E-state index contributed by atoms with van der Waals surface area (Å²) in [4.78, 5) is 37.8. The summed E-state index contributed by atoms with van der Waals surface area (Å²) in [5.41, 5.74) is 0.505. The molecule has 3 rings (SSSR count). The smallest absolute Gasteiger partial charge is 0.407 e. The van der Waals surface area contributed by atoms with Crippen LogP contribution < -0.4 is 10.9 Å². The molecule has 0 spiro atoms. The molecule has 0 radical (unpaired) electrons. The van der Waals surface area contributed by atoms with Gasteiger partial charge in [-0.25, -0.2) is 4.79 Å². The van der Waals surface area contributed by atoms with Crippen molar-refractivity contribution in [1.29, 1.82) is 0 Å². The Morgan fingerprint density at radius 3 is 2.67 bits per heavy atom. The number of ether oxygens (including phenoxy) is 1. The third-order valence-corrected chi connectivity index (χ3v) is 4.74. The van der Waals surface area contributed by atoms with Gasteiger partial charge in [0.15, 0.2) is 0 Å². The highest BCUT2D eigenvalue weighted by atomic mass is 16.6. The van der Waals surface area contributed by atoms with E-state index in [9.17, 15) is 24.6 Å². The van der Waals surface area contributed by atoms with E-state index in [0.29, 0.717) is 23.3 Å². The first-order valence-corrected chi connectivity index (χ1v) is 9.76. The number of hydrogen-bond acceptors (Lipinski definition) is 7. The predicted octanol–water partition coefficient (Wildman–Crippen LogP) is 0.474. The number of aliphatic hydroxyl groups is 1. The average Bonchev–Trinajstić information content (AvgIpc) is 3.19. The van der Waals surface area contributed by atoms with Gasteiger partial charge < -0.3 is 24.8 Å². The van der Waals surface area contributed by atoms with Gasteiger partial charge in [0.1, 0.15) is 24.0 Å². The molecule has 11 heteroatoms. The summed E-state index contributed by atoms with van der Waals surface area (Å²) in [5.74, 6) is -1.10. The van der Waals surface area contributed by atoms with E-state index in [1.165, 1.54) is 9.08 Å². The van der Waals surface area contributed by atoms with E-state index in [1.54, 1.807) is 31.7 Å². The van der Waals surface area contributed by atoms with Crippen molar-refractivity contribution in [3.8, 4) is 0 Å².